The number of piperidine rings is 1. The number of amides is 2. The number of anilines is 1. The van der Waals surface area contributed by atoms with Gasteiger partial charge in [0, 0.05) is 17.8 Å². The minimum atomic E-state index is -0.779. The van der Waals surface area contributed by atoms with Gasteiger partial charge in [-0.3, -0.25) is 9.69 Å². The Morgan fingerprint density at radius 3 is 2.52 bits per heavy atom. The highest BCUT2D eigenvalue weighted by atomic mass is 32.1. The molecule has 0 spiro atoms. The van der Waals surface area contributed by atoms with E-state index >= 15 is 0 Å². The summed E-state index contributed by atoms with van der Waals surface area (Å²) in [7, 11) is 0. The Morgan fingerprint density at radius 2 is 1.88 bits per heavy atom. The molecule has 1 saturated heterocycles. The van der Waals surface area contributed by atoms with Crippen molar-refractivity contribution in [3.8, 4) is 0 Å². The third-order valence-corrected chi connectivity index (χ3v) is 6.71. The topological polar surface area (TPSA) is 83.6 Å². The maximum absolute atomic E-state index is 13.1. The van der Waals surface area contributed by atoms with Crippen LogP contribution in [-0.4, -0.2) is 46.6 Å². The van der Waals surface area contributed by atoms with E-state index in [2.05, 4.69) is 27.4 Å². The molecule has 2 N–H and O–H groups in total. The van der Waals surface area contributed by atoms with Crippen LogP contribution in [-0.2, 0) is 22.5 Å². The van der Waals surface area contributed by atoms with Crippen molar-refractivity contribution in [3.05, 3.63) is 46.5 Å². The normalized spacial score (nSPS) is 16.3. The molecule has 2 aromatic rings. The number of likely N-dealkylation sites (tertiary alicyclic amines) is 1. The quantitative estimate of drug-likeness (QED) is 0.607. The van der Waals surface area contributed by atoms with Gasteiger partial charge in [0.2, 0.25) is 5.91 Å². The summed E-state index contributed by atoms with van der Waals surface area (Å²) in [4.78, 5) is 33.7. The van der Waals surface area contributed by atoms with Crippen LogP contribution >= 0.6 is 11.3 Å². The molecular formula is C25H36N4O3S. The summed E-state index contributed by atoms with van der Waals surface area (Å²) in [6, 6.07) is 8.83. The molecule has 2 heterocycles. The van der Waals surface area contributed by atoms with Crippen LogP contribution in [0.5, 0.6) is 0 Å². The highest BCUT2D eigenvalue weighted by molar-refractivity contribution is 7.15. The zero-order valence-electron chi connectivity index (χ0n) is 20.3. The number of rotatable bonds is 7. The van der Waals surface area contributed by atoms with E-state index < -0.39 is 17.7 Å². The molecule has 33 heavy (non-hydrogen) atoms. The van der Waals surface area contributed by atoms with Crippen molar-refractivity contribution < 1.29 is 14.3 Å². The molecule has 1 aromatic carbocycles. The smallest absolute Gasteiger partial charge is 0.408 e. The Hall–Kier alpha value is -2.45. The number of nitrogens with one attached hydrogen (secondary N) is 2. The van der Waals surface area contributed by atoms with E-state index in [9.17, 15) is 9.59 Å². The highest BCUT2D eigenvalue weighted by Crippen LogP contribution is 2.26. The molecule has 1 fully saturated rings. The van der Waals surface area contributed by atoms with Gasteiger partial charge in [0.1, 0.15) is 11.6 Å². The number of aryl methyl sites for hydroxylation is 1. The second-order valence-electron chi connectivity index (χ2n) is 9.86. The number of carbonyl (C=O) groups excluding carboxylic acids is 2. The standard InChI is InChI=1S/C25H36N4O3S/c1-17-11-13-29(14-12-17)16-21-18(2)26-23(33-21)28-22(30)20(15-19-9-7-6-8-10-19)27-24(31)32-25(3,4)5/h6-10,17,20H,11-16H2,1-5H3,(H,27,31)(H,26,28,30). The van der Waals surface area contributed by atoms with Crippen molar-refractivity contribution in [2.24, 2.45) is 5.92 Å². The molecule has 8 heteroatoms. The van der Waals surface area contributed by atoms with Gasteiger partial charge in [0.05, 0.1) is 5.69 Å². The zero-order chi connectivity index (χ0) is 24.0. The SMILES string of the molecule is Cc1nc(NC(=O)C(Cc2ccccc2)NC(=O)OC(C)(C)C)sc1CN1CCC(C)CC1. The third kappa shape index (κ3) is 8.12. The van der Waals surface area contributed by atoms with Crippen LogP contribution in [0.2, 0.25) is 0 Å². The lowest BCUT2D eigenvalue weighted by molar-refractivity contribution is -0.118. The molecule has 180 valence electrons. The first-order chi connectivity index (χ1) is 15.6. The maximum Gasteiger partial charge on any atom is 0.408 e. The lowest BCUT2D eigenvalue weighted by atomic mass is 9.99. The van der Waals surface area contributed by atoms with E-state index in [0.717, 1.165) is 36.8 Å². The van der Waals surface area contributed by atoms with Gasteiger partial charge in [0.25, 0.3) is 0 Å². The summed E-state index contributed by atoms with van der Waals surface area (Å²) >= 11 is 1.51. The Labute approximate surface area is 200 Å². The molecule has 0 bridgehead atoms. The van der Waals surface area contributed by atoms with E-state index in [1.165, 1.54) is 29.1 Å². The molecule has 1 aliphatic rings. The van der Waals surface area contributed by atoms with Crippen molar-refractivity contribution in [2.75, 3.05) is 18.4 Å². The third-order valence-electron chi connectivity index (χ3n) is 5.66. The fourth-order valence-corrected chi connectivity index (χ4v) is 4.76. The van der Waals surface area contributed by atoms with Crippen molar-refractivity contribution in [1.29, 1.82) is 0 Å². The number of nitrogens with zero attached hydrogens (tertiary/aromatic N) is 2. The molecule has 2 amide bonds. The lowest BCUT2D eigenvalue weighted by Gasteiger charge is -2.29. The monoisotopic (exact) mass is 472 g/mol. The average Bonchev–Trinajstić information content (AvgIpc) is 3.07. The van der Waals surface area contributed by atoms with Crippen LogP contribution in [0.1, 0.15) is 56.7 Å². The Bertz CT molecular complexity index is 931. The summed E-state index contributed by atoms with van der Waals surface area (Å²) in [5.41, 5.74) is 1.24. The molecule has 0 aliphatic carbocycles. The maximum atomic E-state index is 13.1. The van der Waals surface area contributed by atoms with E-state index in [1.54, 1.807) is 20.8 Å². The first kappa shape index (κ1) is 25.2. The first-order valence-corrected chi connectivity index (χ1v) is 12.4. The molecule has 1 aliphatic heterocycles. The Kier molecular flexibility index (Phi) is 8.48. The van der Waals surface area contributed by atoms with Crippen LogP contribution in [0.3, 0.4) is 0 Å². The van der Waals surface area contributed by atoms with E-state index in [1.807, 2.05) is 37.3 Å². The summed E-state index contributed by atoms with van der Waals surface area (Å²) in [5.74, 6) is 0.481. The summed E-state index contributed by atoms with van der Waals surface area (Å²) in [6.45, 7) is 12.7. The molecule has 3 rings (SSSR count). The van der Waals surface area contributed by atoms with Crippen LogP contribution in [0.25, 0.3) is 0 Å². The second kappa shape index (κ2) is 11.1. The number of aromatic nitrogens is 1. The van der Waals surface area contributed by atoms with Gasteiger partial charge in [-0.15, -0.1) is 11.3 Å². The summed E-state index contributed by atoms with van der Waals surface area (Å²) < 4.78 is 5.37. The number of hydrogen-bond donors (Lipinski definition) is 2. The fourth-order valence-electron chi connectivity index (χ4n) is 3.75. The molecule has 1 unspecified atom stereocenters. The fraction of sp³-hybridized carbons (Fsp3) is 0.560. The minimum absolute atomic E-state index is 0.309. The van der Waals surface area contributed by atoms with Crippen molar-refractivity contribution in [1.82, 2.24) is 15.2 Å². The molecule has 1 aromatic heterocycles. The summed E-state index contributed by atoms with van der Waals surface area (Å²) in [6.07, 6.45) is 2.18. The molecule has 0 saturated carbocycles. The number of benzene rings is 1. The lowest BCUT2D eigenvalue weighted by Crippen LogP contribution is -2.47. The van der Waals surface area contributed by atoms with Gasteiger partial charge in [-0.05, 0) is 65.1 Å². The van der Waals surface area contributed by atoms with Gasteiger partial charge in [0.15, 0.2) is 5.13 Å². The van der Waals surface area contributed by atoms with Gasteiger partial charge >= 0.3 is 6.09 Å². The Morgan fingerprint density at radius 1 is 1.21 bits per heavy atom. The van der Waals surface area contributed by atoms with Crippen molar-refractivity contribution >= 4 is 28.5 Å². The van der Waals surface area contributed by atoms with E-state index in [-0.39, 0.29) is 5.91 Å². The molecule has 7 nitrogen and oxygen atoms in total. The second-order valence-corrected chi connectivity index (χ2v) is 10.9. The van der Waals surface area contributed by atoms with E-state index in [0.29, 0.717) is 11.6 Å². The number of alkyl carbamates (subject to hydrolysis) is 1. The van der Waals surface area contributed by atoms with Gasteiger partial charge in [-0.25, -0.2) is 9.78 Å². The van der Waals surface area contributed by atoms with E-state index in [4.69, 9.17) is 4.74 Å². The molecular weight excluding hydrogens is 436 g/mol. The minimum Gasteiger partial charge on any atom is -0.444 e. The highest BCUT2D eigenvalue weighted by Gasteiger charge is 2.26. The predicted octanol–water partition coefficient (Wildman–Crippen LogP) is 4.76. The van der Waals surface area contributed by atoms with Crippen LogP contribution in [0.15, 0.2) is 30.3 Å². The number of hydrogen-bond acceptors (Lipinski definition) is 6. The molecule has 1 atom stereocenters. The van der Waals surface area contributed by atoms with Gasteiger partial charge in [-0.2, -0.15) is 0 Å². The summed E-state index contributed by atoms with van der Waals surface area (Å²) in [5, 5.41) is 6.20. The predicted molar refractivity (Wildman–Crippen MR) is 132 cm³/mol. The number of ether oxygens (including phenoxy) is 1. The van der Waals surface area contributed by atoms with Gasteiger partial charge in [-0.1, -0.05) is 37.3 Å². The first-order valence-electron chi connectivity index (χ1n) is 11.6. The average molecular weight is 473 g/mol. The Balaban J connectivity index is 1.67. The molecule has 0 radical (unpaired) electrons. The largest absolute Gasteiger partial charge is 0.444 e. The number of thiazole rings is 1. The van der Waals surface area contributed by atoms with Crippen molar-refractivity contribution in [3.63, 3.8) is 0 Å². The van der Waals surface area contributed by atoms with Gasteiger partial charge < -0.3 is 15.4 Å². The van der Waals surface area contributed by atoms with Crippen LogP contribution in [0, 0.1) is 12.8 Å². The van der Waals surface area contributed by atoms with Crippen LogP contribution < -0.4 is 10.6 Å². The zero-order valence-corrected chi connectivity index (χ0v) is 21.1. The van der Waals surface area contributed by atoms with Crippen molar-refractivity contribution in [2.45, 2.75) is 72.1 Å². The van der Waals surface area contributed by atoms with Crippen LogP contribution in [0.4, 0.5) is 9.93 Å². The number of carbonyl (C=O) groups is 2.